The van der Waals surface area contributed by atoms with Gasteiger partial charge in [-0.2, -0.15) is 0 Å². The Labute approximate surface area is 77.9 Å². The van der Waals surface area contributed by atoms with Crippen molar-refractivity contribution in [3.63, 3.8) is 0 Å². The lowest BCUT2D eigenvalue weighted by molar-refractivity contribution is 1.10. The first-order valence-corrected chi connectivity index (χ1v) is 4.62. The van der Waals surface area contributed by atoms with Crippen LogP contribution < -0.4 is 5.32 Å². The van der Waals surface area contributed by atoms with Crippen molar-refractivity contribution in [3.05, 3.63) is 30.7 Å². The second-order valence-corrected chi connectivity index (χ2v) is 3.24. The number of aromatic nitrogens is 2. The van der Waals surface area contributed by atoms with Gasteiger partial charge in [0.25, 0.3) is 0 Å². The zero-order valence-electron chi connectivity index (χ0n) is 7.48. The van der Waals surface area contributed by atoms with Gasteiger partial charge in [-0.3, -0.25) is 4.98 Å². The molecule has 0 amide bonds. The fraction of sp³-hybridized carbons (Fsp3) is 0.400. The molecule has 0 atom stereocenters. The molecule has 0 aromatic carbocycles. The van der Waals surface area contributed by atoms with E-state index in [9.17, 15) is 0 Å². The van der Waals surface area contributed by atoms with E-state index in [4.69, 9.17) is 0 Å². The molecule has 1 heterocycles. The molecule has 0 unspecified atom stereocenters. The number of nitrogens with zero attached hydrogens (tertiary/aromatic N) is 2. The van der Waals surface area contributed by atoms with Crippen LogP contribution in [0.1, 0.15) is 12.8 Å². The first kappa shape index (κ1) is 8.23. The van der Waals surface area contributed by atoms with Crippen molar-refractivity contribution < 1.29 is 0 Å². The van der Waals surface area contributed by atoms with Gasteiger partial charge in [0.15, 0.2) is 0 Å². The van der Waals surface area contributed by atoms with Gasteiger partial charge in [-0.05, 0) is 18.8 Å². The summed E-state index contributed by atoms with van der Waals surface area (Å²) in [6.45, 7) is 0.842. The normalized spacial score (nSPS) is 16.3. The highest BCUT2D eigenvalue weighted by Crippen LogP contribution is 2.29. The molecular weight excluding hydrogens is 162 g/mol. The third-order valence-electron chi connectivity index (χ3n) is 1.99. The van der Waals surface area contributed by atoms with Gasteiger partial charge in [0.2, 0.25) is 0 Å². The van der Waals surface area contributed by atoms with E-state index in [2.05, 4.69) is 27.4 Å². The Bertz CT molecular complexity index is 277. The minimum Gasteiger partial charge on any atom is -0.365 e. The third-order valence-corrected chi connectivity index (χ3v) is 1.99. The number of anilines is 1. The molecule has 1 aliphatic carbocycles. The van der Waals surface area contributed by atoms with Crippen molar-refractivity contribution in [2.45, 2.75) is 12.8 Å². The molecule has 1 aromatic heterocycles. The fourth-order valence-corrected chi connectivity index (χ4v) is 1.10. The predicted molar refractivity (Wildman–Crippen MR) is 52.4 cm³/mol. The van der Waals surface area contributed by atoms with Gasteiger partial charge >= 0.3 is 0 Å². The molecule has 3 heteroatoms. The number of hydrogen-bond acceptors (Lipinski definition) is 3. The average molecular weight is 175 g/mol. The molecule has 1 saturated carbocycles. The summed E-state index contributed by atoms with van der Waals surface area (Å²) in [5.74, 6) is 1.69. The molecule has 1 fully saturated rings. The summed E-state index contributed by atoms with van der Waals surface area (Å²) >= 11 is 0. The number of allylic oxidation sites excluding steroid dienone is 1. The number of rotatable bonds is 4. The molecule has 1 aromatic rings. The molecule has 0 radical (unpaired) electrons. The topological polar surface area (TPSA) is 37.8 Å². The molecule has 1 N–H and O–H groups in total. The first-order valence-electron chi connectivity index (χ1n) is 4.62. The maximum atomic E-state index is 4.10. The zero-order valence-corrected chi connectivity index (χ0v) is 7.48. The van der Waals surface area contributed by atoms with E-state index in [1.165, 1.54) is 12.8 Å². The standard InChI is InChI=1S/C10H13N3/c1(2-9-3-4-9)5-12-10-8-11-6-7-13-10/h1-2,6-9H,3-5H2,(H,12,13)/b2-1+. The van der Waals surface area contributed by atoms with Crippen LogP contribution in [0.2, 0.25) is 0 Å². The van der Waals surface area contributed by atoms with Crippen LogP contribution in [0, 0.1) is 5.92 Å². The van der Waals surface area contributed by atoms with Crippen LogP contribution in [0.5, 0.6) is 0 Å². The fourth-order valence-electron chi connectivity index (χ4n) is 1.10. The Morgan fingerprint density at radius 3 is 3.08 bits per heavy atom. The van der Waals surface area contributed by atoms with Crippen LogP contribution >= 0.6 is 0 Å². The Hall–Kier alpha value is -1.38. The minimum atomic E-state index is 0.836. The largest absolute Gasteiger partial charge is 0.365 e. The summed E-state index contributed by atoms with van der Waals surface area (Å²) in [5.41, 5.74) is 0. The van der Waals surface area contributed by atoms with Gasteiger partial charge in [-0.25, -0.2) is 4.98 Å². The number of nitrogens with one attached hydrogen (secondary N) is 1. The second-order valence-electron chi connectivity index (χ2n) is 3.24. The van der Waals surface area contributed by atoms with Gasteiger partial charge in [-0.1, -0.05) is 12.2 Å². The third kappa shape index (κ3) is 2.86. The second kappa shape index (κ2) is 4.03. The summed E-state index contributed by atoms with van der Waals surface area (Å²) < 4.78 is 0. The summed E-state index contributed by atoms with van der Waals surface area (Å²) in [6.07, 6.45) is 12.2. The van der Waals surface area contributed by atoms with Crippen LogP contribution in [0.3, 0.4) is 0 Å². The molecule has 1 aliphatic rings. The van der Waals surface area contributed by atoms with Crippen LogP contribution in [0.4, 0.5) is 5.82 Å². The first-order chi connectivity index (χ1) is 6.45. The van der Waals surface area contributed by atoms with E-state index < -0.39 is 0 Å². The Morgan fingerprint density at radius 1 is 1.46 bits per heavy atom. The monoisotopic (exact) mass is 175 g/mol. The lowest BCUT2D eigenvalue weighted by Crippen LogP contribution is -2.00. The van der Waals surface area contributed by atoms with Gasteiger partial charge < -0.3 is 5.32 Å². The average Bonchev–Trinajstić information content (AvgIpc) is 2.98. The molecule has 0 bridgehead atoms. The van der Waals surface area contributed by atoms with E-state index >= 15 is 0 Å². The minimum absolute atomic E-state index is 0.836. The Kier molecular flexibility index (Phi) is 2.55. The van der Waals surface area contributed by atoms with Crippen molar-refractivity contribution in [1.82, 2.24) is 9.97 Å². The van der Waals surface area contributed by atoms with E-state index in [1.807, 2.05) is 0 Å². The SMILES string of the molecule is C(=C\C1CC1)/CNc1cnccn1. The maximum Gasteiger partial charge on any atom is 0.144 e. The maximum absolute atomic E-state index is 4.10. The highest BCUT2D eigenvalue weighted by molar-refractivity contribution is 5.30. The smallest absolute Gasteiger partial charge is 0.144 e. The Morgan fingerprint density at radius 2 is 2.38 bits per heavy atom. The molecular formula is C10H13N3. The summed E-state index contributed by atoms with van der Waals surface area (Å²) in [5, 5.41) is 3.17. The van der Waals surface area contributed by atoms with Crippen molar-refractivity contribution in [1.29, 1.82) is 0 Å². The summed E-state index contributed by atoms with van der Waals surface area (Å²) in [4.78, 5) is 8.07. The van der Waals surface area contributed by atoms with Crippen molar-refractivity contribution in [2.75, 3.05) is 11.9 Å². The van der Waals surface area contributed by atoms with Crippen molar-refractivity contribution in [3.8, 4) is 0 Å². The molecule has 0 saturated heterocycles. The lowest BCUT2D eigenvalue weighted by Gasteiger charge is -1.99. The summed E-state index contributed by atoms with van der Waals surface area (Å²) in [7, 11) is 0. The van der Waals surface area contributed by atoms with Crippen molar-refractivity contribution >= 4 is 5.82 Å². The van der Waals surface area contributed by atoms with E-state index in [0.717, 1.165) is 18.3 Å². The quantitative estimate of drug-likeness (QED) is 0.710. The molecule has 3 nitrogen and oxygen atoms in total. The van der Waals surface area contributed by atoms with Gasteiger partial charge in [0, 0.05) is 18.9 Å². The predicted octanol–water partition coefficient (Wildman–Crippen LogP) is 1.85. The molecule has 0 spiro atoms. The van der Waals surface area contributed by atoms with E-state index in [-0.39, 0.29) is 0 Å². The van der Waals surface area contributed by atoms with Crippen molar-refractivity contribution in [2.24, 2.45) is 5.92 Å². The molecule has 68 valence electrons. The zero-order chi connectivity index (χ0) is 8.93. The van der Waals surface area contributed by atoms with Crippen LogP contribution in [0.15, 0.2) is 30.7 Å². The molecule has 0 aliphatic heterocycles. The van der Waals surface area contributed by atoms with E-state index in [1.54, 1.807) is 18.6 Å². The van der Waals surface area contributed by atoms with Crippen LogP contribution in [-0.4, -0.2) is 16.5 Å². The van der Waals surface area contributed by atoms with Gasteiger partial charge in [0.05, 0.1) is 6.20 Å². The lowest BCUT2D eigenvalue weighted by atomic mass is 10.3. The van der Waals surface area contributed by atoms with Gasteiger partial charge in [0.1, 0.15) is 5.82 Å². The Balaban J connectivity index is 1.73. The van der Waals surface area contributed by atoms with Gasteiger partial charge in [-0.15, -0.1) is 0 Å². The highest BCUT2D eigenvalue weighted by atomic mass is 15.0. The van der Waals surface area contributed by atoms with E-state index in [0.29, 0.717) is 0 Å². The number of hydrogen-bond donors (Lipinski definition) is 1. The van der Waals surface area contributed by atoms with Crippen LogP contribution in [0.25, 0.3) is 0 Å². The molecule has 13 heavy (non-hydrogen) atoms. The van der Waals surface area contributed by atoms with Crippen LogP contribution in [-0.2, 0) is 0 Å². The highest BCUT2D eigenvalue weighted by Gasteiger charge is 2.16. The molecule has 2 rings (SSSR count). The summed E-state index contributed by atoms with van der Waals surface area (Å²) in [6, 6.07) is 0.